The van der Waals surface area contributed by atoms with Crippen molar-refractivity contribution in [3.05, 3.63) is 29.6 Å². The molecule has 0 aromatic heterocycles. The van der Waals surface area contributed by atoms with Crippen LogP contribution in [0.2, 0.25) is 0 Å². The molecule has 3 unspecified atom stereocenters. The van der Waals surface area contributed by atoms with Crippen LogP contribution in [0.15, 0.2) is 18.2 Å². The molecular weight excluding hydrogens is 275 g/mol. The molecule has 0 aliphatic carbocycles. The Morgan fingerprint density at radius 1 is 1.43 bits per heavy atom. The molecule has 2 heterocycles. The van der Waals surface area contributed by atoms with Crippen LogP contribution in [0.1, 0.15) is 30.9 Å². The Labute approximate surface area is 123 Å². The van der Waals surface area contributed by atoms with E-state index in [1.807, 2.05) is 0 Å². The second-order valence-electron chi connectivity index (χ2n) is 5.89. The quantitative estimate of drug-likeness (QED) is 0.931. The van der Waals surface area contributed by atoms with Gasteiger partial charge in [-0.3, -0.25) is 0 Å². The van der Waals surface area contributed by atoms with Gasteiger partial charge in [-0.1, -0.05) is 6.07 Å². The van der Waals surface area contributed by atoms with E-state index in [1.54, 1.807) is 12.1 Å². The Kier molecular flexibility index (Phi) is 4.15. The van der Waals surface area contributed by atoms with Crippen LogP contribution in [0.3, 0.4) is 0 Å². The van der Waals surface area contributed by atoms with Gasteiger partial charge in [0.05, 0.1) is 31.0 Å². The number of benzene rings is 1. The molecular formula is C16H21FO4. The number of aliphatic hydroxyl groups excluding tert-OH is 1. The maximum absolute atomic E-state index is 14.1. The second-order valence-corrected chi connectivity index (χ2v) is 5.89. The summed E-state index contributed by atoms with van der Waals surface area (Å²) in [5.41, 5.74) is -0.0523. The standard InChI is InChI=1S/C16H21FO4/c1-19-13-4-2-3-12(17)14(13)15(18)11-5-7-21-16(9-11)6-8-20-10-16/h2-4,11,15,18H,5-10H2,1H3. The molecule has 1 aromatic rings. The smallest absolute Gasteiger partial charge is 0.132 e. The molecule has 1 N–H and O–H groups in total. The van der Waals surface area contributed by atoms with Crippen LogP contribution in [0, 0.1) is 11.7 Å². The molecule has 4 nitrogen and oxygen atoms in total. The maximum atomic E-state index is 14.1. The zero-order valence-corrected chi connectivity index (χ0v) is 12.2. The molecule has 0 amide bonds. The molecule has 0 radical (unpaired) electrons. The van der Waals surface area contributed by atoms with Gasteiger partial charge in [0, 0.05) is 19.6 Å². The fourth-order valence-corrected chi connectivity index (χ4v) is 3.42. The van der Waals surface area contributed by atoms with E-state index in [4.69, 9.17) is 14.2 Å². The van der Waals surface area contributed by atoms with Gasteiger partial charge < -0.3 is 19.3 Å². The number of aliphatic hydroxyl groups is 1. The van der Waals surface area contributed by atoms with Crippen molar-refractivity contribution in [1.29, 1.82) is 0 Å². The molecule has 2 aliphatic heterocycles. The largest absolute Gasteiger partial charge is 0.496 e. The molecule has 1 aromatic carbocycles. The molecule has 0 saturated carbocycles. The van der Waals surface area contributed by atoms with Crippen LogP contribution in [-0.2, 0) is 9.47 Å². The molecule has 2 saturated heterocycles. The highest BCUT2D eigenvalue weighted by atomic mass is 19.1. The predicted molar refractivity (Wildman–Crippen MR) is 74.8 cm³/mol. The van der Waals surface area contributed by atoms with E-state index < -0.39 is 11.9 Å². The Balaban J connectivity index is 1.83. The molecule has 2 aliphatic rings. The number of halogens is 1. The summed E-state index contributed by atoms with van der Waals surface area (Å²) in [5, 5.41) is 10.7. The van der Waals surface area contributed by atoms with E-state index in [0.29, 0.717) is 38.4 Å². The molecule has 21 heavy (non-hydrogen) atoms. The van der Waals surface area contributed by atoms with Crippen molar-refractivity contribution in [2.45, 2.75) is 31.0 Å². The second kappa shape index (κ2) is 5.91. The first-order valence-corrected chi connectivity index (χ1v) is 7.37. The monoisotopic (exact) mass is 296 g/mol. The normalized spacial score (nSPS) is 30.5. The summed E-state index contributed by atoms with van der Waals surface area (Å²) in [6.45, 7) is 1.82. The summed E-state index contributed by atoms with van der Waals surface area (Å²) in [7, 11) is 1.49. The number of hydrogen-bond acceptors (Lipinski definition) is 4. The van der Waals surface area contributed by atoms with E-state index in [0.717, 1.165) is 6.42 Å². The van der Waals surface area contributed by atoms with Crippen LogP contribution in [0.4, 0.5) is 4.39 Å². The van der Waals surface area contributed by atoms with Crippen LogP contribution >= 0.6 is 0 Å². The molecule has 5 heteroatoms. The molecule has 2 fully saturated rings. The first kappa shape index (κ1) is 14.8. The van der Waals surface area contributed by atoms with Crippen LogP contribution in [0.25, 0.3) is 0 Å². The van der Waals surface area contributed by atoms with Gasteiger partial charge >= 0.3 is 0 Å². The molecule has 116 valence electrons. The van der Waals surface area contributed by atoms with Gasteiger partial charge in [-0.05, 0) is 30.9 Å². The summed E-state index contributed by atoms with van der Waals surface area (Å²) in [6.07, 6.45) is 1.35. The zero-order valence-electron chi connectivity index (χ0n) is 12.2. The summed E-state index contributed by atoms with van der Waals surface area (Å²) < 4.78 is 30.6. The Hall–Kier alpha value is -1.17. The molecule has 3 rings (SSSR count). The SMILES string of the molecule is COc1cccc(F)c1C(O)C1CCOC2(CCOC2)C1. The lowest BCUT2D eigenvalue weighted by Crippen LogP contribution is -2.42. The summed E-state index contributed by atoms with van der Waals surface area (Å²) in [6, 6.07) is 4.62. The molecule has 0 bridgehead atoms. The third kappa shape index (κ3) is 2.78. The third-order valence-electron chi connectivity index (χ3n) is 4.57. The number of methoxy groups -OCH3 is 1. The highest BCUT2D eigenvalue weighted by molar-refractivity contribution is 5.36. The van der Waals surface area contributed by atoms with Crippen molar-refractivity contribution >= 4 is 0 Å². The Morgan fingerprint density at radius 3 is 3.00 bits per heavy atom. The van der Waals surface area contributed by atoms with Gasteiger partial charge in [0.1, 0.15) is 11.6 Å². The van der Waals surface area contributed by atoms with Crippen molar-refractivity contribution in [3.63, 3.8) is 0 Å². The Bertz CT molecular complexity index is 499. The van der Waals surface area contributed by atoms with E-state index in [-0.39, 0.29) is 17.1 Å². The summed E-state index contributed by atoms with van der Waals surface area (Å²) in [4.78, 5) is 0. The van der Waals surface area contributed by atoms with Crippen LogP contribution in [-0.4, -0.2) is 37.6 Å². The lowest BCUT2D eigenvalue weighted by Gasteiger charge is -2.39. The molecule has 1 spiro atoms. The average Bonchev–Trinajstić information content (AvgIpc) is 2.94. The van der Waals surface area contributed by atoms with Crippen LogP contribution < -0.4 is 4.74 Å². The Morgan fingerprint density at radius 2 is 2.29 bits per heavy atom. The van der Waals surface area contributed by atoms with Crippen molar-refractivity contribution < 1.29 is 23.7 Å². The number of ether oxygens (including phenoxy) is 3. The van der Waals surface area contributed by atoms with Crippen molar-refractivity contribution in [3.8, 4) is 5.75 Å². The lowest BCUT2D eigenvalue weighted by molar-refractivity contribution is -0.117. The minimum Gasteiger partial charge on any atom is -0.496 e. The summed E-state index contributed by atoms with van der Waals surface area (Å²) >= 11 is 0. The molecule has 3 atom stereocenters. The highest BCUT2D eigenvalue weighted by Gasteiger charge is 2.43. The van der Waals surface area contributed by atoms with Gasteiger partial charge in [0.2, 0.25) is 0 Å². The van der Waals surface area contributed by atoms with Gasteiger partial charge in [-0.25, -0.2) is 4.39 Å². The maximum Gasteiger partial charge on any atom is 0.132 e. The van der Waals surface area contributed by atoms with Gasteiger partial charge in [0.15, 0.2) is 0 Å². The van der Waals surface area contributed by atoms with Crippen molar-refractivity contribution in [1.82, 2.24) is 0 Å². The lowest BCUT2D eigenvalue weighted by atomic mass is 9.80. The highest BCUT2D eigenvalue weighted by Crippen LogP contribution is 2.43. The van der Waals surface area contributed by atoms with Gasteiger partial charge in [-0.2, -0.15) is 0 Å². The van der Waals surface area contributed by atoms with E-state index in [1.165, 1.54) is 13.2 Å². The van der Waals surface area contributed by atoms with Crippen molar-refractivity contribution in [2.24, 2.45) is 5.92 Å². The fourth-order valence-electron chi connectivity index (χ4n) is 3.42. The number of rotatable bonds is 3. The summed E-state index contributed by atoms with van der Waals surface area (Å²) in [5.74, 6) is -0.0815. The topological polar surface area (TPSA) is 47.9 Å². The fraction of sp³-hybridized carbons (Fsp3) is 0.625. The predicted octanol–water partition coefficient (Wildman–Crippen LogP) is 2.45. The average molecular weight is 296 g/mol. The van der Waals surface area contributed by atoms with E-state index >= 15 is 0 Å². The third-order valence-corrected chi connectivity index (χ3v) is 4.57. The van der Waals surface area contributed by atoms with Crippen LogP contribution in [0.5, 0.6) is 5.75 Å². The van der Waals surface area contributed by atoms with Gasteiger partial charge in [0.25, 0.3) is 0 Å². The zero-order chi connectivity index (χ0) is 14.9. The first-order valence-electron chi connectivity index (χ1n) is 7.37. The number of hydrogen-bond donors (Lipinski definition) is 1. The van der Waals surface area contributed by atoms with Gasteiger partial charge in [-0.15, -0.1) is 0 Å². The van der Waals surface area contributed by atoms with E-state index in [9.17, 15) is 9.50 Å². The minimum absolute atomic E-state index is 0.0498. The van der Waals surface area contributed by atoms with E-state index in [2.05, 4.69) is 0 Å². The minimum atomic E-state index is -0.887. The first-order chi connectivity index (χ1) is 10.2. The van der Waals surface area contributed by atoms with Crippen molar-refractivity contribution in [2.75, 3.05) is 26.9 Å².